The minimum atomic E-state index is -3.33. The third kappa shape index (κ3) is 6.06. The molecule has 0 saturated heterocycles. The molecule has 0 N–H and O–H groups in total. The van der Waals surface area contributed by atoms with Gasteiger partial charge in [-0.05, 0) is 60.6 Å². The van der Waals surface area contributed by atoms with Crippen molar-refractivity contribution < 1.29 is 8.42 Å². The maximum Gasteiger partial charge on any atom is 0.184 e. The summed E-state index contributed by atoms with van der Waals surface area (Å²) in [5.41, 5.74) is 9.02. The van der Waals surface area contributed by atoms with Crippen LogP contribution in [-0.2, 0) is 21.9 Å². The molecule has 0 spiro atoms. The van der Waals surface area contributed by atoms with Crippen molar-refractivity contribution in [2.45, 2.75) is 16.3 Å². The zero-order valence-corrected chi connectivity index (χ0v) is 30.7. The second-order valence-corrected chi connectivity index (χ2v) is 16.6. The van der Waals surface area contributed by atoms with E-state index < -0.39 is 15.4 Å². The Morgan fingerprint density at radius 2 is 1.27 bits per heavy atom. The van der Waals surface area contributed by atoms with Gasteiger partial charge in [0.05, 0.1) is 16.8 Å². The molecular weight excluding hydrogens is 683 g/mol. The summed E-state index contributed by atoms with van der Waals surface area (Å²) < 4.78 is 29.2. The third-order valence-corrected chi connectivity index (χ3v) is 12.3. The van der Waals surface area contributed by atoms with Crippen LogP contribution in [0.25, 0.3) is 38.6 Å². The highest BCUT2D eigenvalue weighted by Crippen LogP contribution is 2.43. The lowest BCUT2D eigenvalue weighted by Gasteiger charge is -2.36. The molecule has 0 fully saturated rings. The average molecular weight is 720 g/mol. The van der Waals surface area contributed by atoms with Crippen molar-refractivity contribution in [2.75, 3.05) is 20.4 Å². The number of aromatic nitrogens is 4. The minimum absolute atomic E-state index is 0.328. The zero-order valence-electron chi connectivity index (χ0n) is 29.1. The van der Waals surface area contributed by atoms with Gasteiger partial charge >= 0.3 is 0 Å². The van der Waals surface area contributed by atoms with E-state index in [0.717, 1.165) is 61.8 Å². The van der Waals surface area contributed by atoms with Crippen molar-refractivity contribution in [2.24, 2.45) is 0 Å². The molecule has 8 aromatic rings. The number of sulfone groups is 1. The second kappa shape index (κ2) is 13.5. The van der Waals surface area contributed by atoms with Crippen molar-refractivity contribution in [1.29, 1.82) is 0 Å². The third-order valence-electron chi connectivity index (χ3n) is 9.37. The van der Waals surface area contributed by atoms with Crippen LogP contribution >= 0.6 is 11.3 Å². The van der Waals surface area contributed by atoms with Gasteiger partial charge in [-0.15, -0.1) is 11.3 Å². The molecule has 7 nitrogen and oxygen atoms in total. The van der Waals surface area contributed by atoms with Crippen LogP contribution in [0.15, 0.2) is 162 Å². The number of hydrogen-bond donors (Lipinski definition) is 0. The molecule has 0 bridgehead atoms. The van der Waals surface area contributed by atoms with E-state index in [1.54, 1.807) is 12.3 Å². The van der Waals surface area contributed by atoms with Crippen molar-refractivity contribution in [1.82, 2.24) is 24.1 Å². The van der Waals surface area contributed by atoms with E-state index in [2.05, 4.69) is 144 Å². The number of nitrogens with zero attached hydrogens (tertiary/aromatic N) is 5. The molecule has 8 rings (SSSR count). The number of fused-ring (bicyclic) bond motifs is 1. The molecule has 0 radical (unpaired) electrons. The van der Waals surface area contributed by atoms with E-state index in [4.69, 9.17) is 5.10 Å². The quantitative estimate of drug-likeness (QED) is 0.132. The highest BCUT2D eigenvalue weighted by molar-refractivity contribution is 7.92. The van der Waals surface area contributed by atoms with Gasteiger partial charge in [0.15, 0.2) is 9.84 Å². The summed E-state index contributed by atoms with van der Waals surface area (Å²) in [4.78, 5) is 7.66. The van der Waals surface area contributed by atoms with Crippen molar-refractivity contribution in [3.05, 3.63) is 180 Å². The topological polar surface area (TPSA) is 72.5 Å². The first-order valence-electron chi connectivity index (χ1n) is 17.0. The fourth-order valence-corrected chi connectivity index (χ4v) is 8.95. The first-order chi connectivity index (χ1) is 25.2. The molecule has 4 aromatic carbocycles. The van der Waals surface area contributed by atoms with Crippen molar-refractivity contribution >= 4 is 26.8 Å². The molecule has 4 aromatic heterocycles. The van der Waals surface area contributed by atoms with Crippen molar-refractivity contribution in [3.8, 4) is 33.0 Å². The summed E-state index contributed by atoms with van der Waals surface area (Å²) in [5.74, 6) is 0. The molecule has 52 heavy (non-hydrogen) atoms. The van der Waals surface area contributed by atoms with Gasteiger partial charge < -0.3 is 4.90 Å². The van der Waals surface area contributed by atoms with Crippen LogP contribution in [0.3, 0.4) is 0 Å². The molecule has 0 atom stereocenters. The van der Waals surface area contributed by atoms with Crippen LogP contribution in [-0.4, -0.2) is 52.8 Å². The number of thiophene rings is 1. The SMILES string of the molecule is CN(C)Cc1ccc(-c2nn(C(c3ccccc3)(c3ccccc3)c3ccccc3)cc2-c2ccc3ncc(-c4ccc(S(C)(=O)=O)s4)n3c2)cc1. The molecule has 0 amide bonds. The Labute approximate surface area is 308 Å². The van der Waals surface area contributed by atoms with Crippen LogP contribution in [0.4, 0.5) is 0 Å². The zero-order chi connectivity index (χ0) is 35.9. The van der Waals surface area contributed by atoms with Crippen LogP contribution < -0.4 is 0 Å². The van der Waals surface area contributed by atoms with E-state index >= 15 is 0 Å². The van der Waals surface area contributed by atoms with Crippen molar-refractivity contribution in [3.63, 3.8) is 0 Å². The van der Waals surface area contributed by atoms with E-state index in [-0.39, 0.29) is 0 Å². The summed E-state index contributed by atoms with van der Waals surface area (Å²) in [5, 5.41) is 5.54. The predicted molar refractivity (Wildman–Crippen MR) is 210 cm³/mol. The fraction of sp³-hybridized carbons (Fsp3) is 0.116. The number of pyridine rings is 1. The Hall–Kier alpha value is -5.61. The Balaban J connectivity index is 1.39. The number of imidazole rings is 1. The Bertz CT molecular complexity index is 2490. The van der Waals surface area contributed by atoms with Gasteiger partial charge in [-0.3, -0.25) is 9.08 Å². The fourth-order valence-electron chi connectivity index (χ4n) is 7.02. The Morgan fingerprint density at radius 1 is 0.692 bits per heavy atom. The van der Waals surface area contributed by atoms with Gasteiger partial charge in [0.2, 0.25) is 0 Å². The van der Waals surface area contributed by atoms with E-state index in [1.807, 2.05) is 34.7 Å². The van der Waals surface area contributed by atoms with Gasteiger partial charge in [0, 0.05) is 41.9 Å². The summed E-state index contributed by atoms with van der Waals surface area (Å²) in [6.45, 7) is 0.838. The predicted octanol–water partition coefficient (Wildman–Crippen LogP) is 8.90. The number of benzene rings is 4. The van der Waals surface area contributed by atoms with Crippen LogP contribution in [0, 0.1) is 0 Å². The lowest BCUT2D eigenvalue weighted by atomic mass is 9.77. The average Bonchev–Trinajstić information content (AvgIpc) is 3.93. The molecule has 258 valence electrons. The second-order valence-electron chi connectivity index (χ2n) is 13.3. The van der Waals surface area contributed by atoms with E-state index in [0.29, 0.717) is 4.21 Å². The van der Waals surface area contributed by atoms with Gasteiger partial charge in [-0.2, -0.15) is 5.10 Å². The highest BCUT2D eigenvalue weighted by Gasteiger charge is 2.40. The number of hydrogen-bond acceptors (Lipinski definition) is 6. The highest BCUT2D eigenvalue weighted by atomic mass is 32.2. The Morgan fingerprint density at radius 3 is 1.81 bits per heavy atom. The Kier molecular flexibility index (Phi) is 8.71. The molecule has 0 aliphatic carbocycles. The van der Waals surface area contributed by atoms with Gasteiger partial charge in [0.1, 0.15) is 21.1 Å². The standard InChI is InChI=1S/C43H37N5O2S2/c1-46(2)28-31-19-21-32(22-20-31)42-37(33-23-25-40-44-27-38(47(40)29-33)39-24-26-41(51-39)52(3,49)50)30-48(45-42)43(34-13-7-4-8-14-34,35-15-9-5-10-16-35)36-17-11-6-12-18-36/h4-27,29-30H,28H2,1-3H3. The molecule has 4 heterocycles. The summed E-state index contributed by atoms with van der Waals surface area (Å²) in [7, 11) is 0.816. The molecule has 9 heteroatoms. The number of rotatable bonds is 10. The largest absolute Gasteiger partial charge is 0.305 e. The van der Waals surface area contributed by atoms with Gasteiger partial charge in [0.25, 0.3) is 0 Å². The molecule has 0 aliphatic heterocycles. The maximum atomic E-state index is 12.3. The lowest BCUT2D eigenvalue weighted by Crippen LogP contribution is -2.38. The lowest BCUT2D eigenvalue weighted by molar-refractivity contribution is 0.402. The van der Waals surface area contributed by atoms with Crippen LogP contribution in [0.2, 0.25) is 0 Å². The van der Waals surface area contributed by atoms with Crippen LogP contribution in [0.1, 0.15) is 22.3 Å². The van der Waals surface area contributed by atoms with E-state index in [9.17, 15) is 8.42 Å². The molecular formula is C43H37N5O2S2. The normalized spacial score (nSPS) is 12.2. The minimum Gasteiger partial charge on any atom is -0.305 e. The summed E-state index contributed by atoms with van der Waals surface area (Å²) >= 11 is 1.25. The maximum absolute atomic E-state index is 12.3. The van der Waals surface area contributed by atoms with Crippen LogP contribution in [0.5, 0.6) is 0 Å². The monoisotopic (exact) mass is 719 g/mol. The molecule has 0 saturated carbocycles. The first-order valence-corrected chi connectivity index (χ1v) is 19.7. The van der Waals surface area contributed by atoms with Gasteiger partial charge in [-0.25, -0.2) is 13.4 Å². The summed E-state index contributed by atoms with van der Waals surface area (Å²) in [6, 6.07) is 47.9. The molecule has 0 aliphatic rings. The first kappa shape index (κ1) is 33.5. The summed E-state index contributed by atoms with van der Waals surface area (Å²) in [6.07, 6.45) is 7.29. The van der Waals surface area contributed by atoms with E-state index in [1.165, 1.54) is 23.2 Å². The molecule has 0 unspecified atom stereocenters. The smallest absolute Gasteiger partial charge is 0.184 e. The van der Waals surface area contributed by atoms with Gasteiger partial charge in [-0.1, -0.05) is 115 Å².